The van der Waals surface area contributed by atoms with Gasteiger partial charge >= 0.3 is 0 Å². The molecule has 0 aliphatic rings. The summed E-state index contributed by atoms with van der Waals surface area (Å²) in [6.45, 7) is 12.1. The van der Waals surface area contributed by atoms with E-state index >= 15 is 0 Å². The van der Waals surface area contributed by atoms with Gasteiger partial charge in [-0.2, -0.15) is 0 Å². The largest absolute Gasteiger partial charge is 0.385 e. The van der Waals surface area contributed by atoms with E-state index in [2.05, 4.69) is 56.6 Å². The third-order valence-corrected chi connectivity index (χ3v) is 2.83. The van der Waals surface area contributed by atoms with Crippen molar-refractivity contribution < 1.29 is 0 Å². The van der Waals surface area contributed by atoms with E-state index in [1.807, 2.05) is 0 Å². The normalized spacial score (nSPS) is 11.9. The van der Waals surface area contributed by atoms with Crippen LogP contribution in [0.4, 0.5) is 0 Å². The van der Waals surface area contributed by atoms with Gasteiger partial charge in [0.1, 0.15) is 0 Å². The van der Waals surface area contributed by atoms with Crippen LogP contribution in [0.2, 0.25) is 0 Å². The van der Waals surface area contributed by atoms with Crippen LogP contribution in [0, 0.1) is 6.92 Å². The van der Waals surface area contributed by atoms with Gasteiger partial charge in [-0.1, -0.05) is 55.5 Å². The number of rotatable bonds is 6. The molecule has 0 aromatic heterocycles. The molecule has 0 heterocycles. The minimum Gasteiger partial charge on any atom is -0.385 e. The molecule has 0 aliphatic carbocycles. The fourth-order valence-corrected chi connectivity index (χ4v) is 1.67. The Hall–Kier alpha value is -1.50. The Morgan fingerprint density at radius 3 is 2.50 bits per heavy atom. The summed E-state index contributed by atoms with van der Waals surface area (Å²) < 4.78 is 0. The quantitative estimate of drug-likeness (QED) is 0.715. The first-order valence-corrected chi connectivity index (χ1v) is 5.77. The first kappa shape index (κ1) is 12.6. The zero-order valence-corrected chi connectivity index (χ0v) is 10.3. The molecule has 0 radical (unpaired) electrons. The topological polar surface area (TPSA) is 12.0 Å². The number of nitrogens with one attached hydrogen (secondary N) is 1. The fraction of sp³-hybridized carbons (Fsp3) is 0.333. The molecule has 1 atom stereocenters. The number of benzene rings is 1. The maximum absolute atomic E-state index is 4.10. The highest BCUT2D eigenvalue weighted by Gasteiger charge is 2.09. The van der Waals surface area contributed by atoms with Crippen LogP contribution in [0.25, 0.3) is 0 Å². The molecule has 1 nitrogen and oxygen atoms in total. The van der Waals surface area contributed by atoms with E-state index in [9.17, 15) is 0 Å². The molecular formula is C15H21N. The van der Waals surface area contributed by atoms with Gasteiger partial charge < -0.3 is 5.32 Å². The third-order valence-electron chi connectivity index (χ3n) is 2.83. The van der Waals surface area contributed by atoms with Crippen LogP contribution in [-0.2, 0) is 6.42 Å². The fourth-order valence-electron chi connectivity index (χ4n) is 1.67. The van der Waals surface area contributed by atoms with Gasteiger partial charge in [-0.3, -0.25) is 0 Å². The Balaban J connectivity index is 2.71. The van der Waals surface area contributed by atoms with Crippen molar-refractivity contribution in [2.75, 3.05) is 0 Å². The zero-order valence-electron chi connectivity index (χ0n) is 10.3. The van der Waals surface area contributed by atoms with Crippen LogP contribution in [-0.4, -0.2) is 6.04 Å². The molecule has 0 aliphatic heterocycles. The Morgan fingerprint density at radius 2 is 2.00 bits per heavy atom. The molecule has 1 unspecified atom stereocenters. The predicted molar refractivity (Wildman–Crippen MR) is 71.4 cm³/mol. The summed E-state index contributed by atoms with van der Waals surface area (Å²) in [6, 6.07) is 8.95. The van der Waals surface area contributed by atoms with Crippen molar-refractivity contribution in [3.8, 4) is 0 Å². The molecule has 0 fully saturated rings. The van der Waals surface area contributed by atoms with E-state index in [4.69, 9.17) is 0 Å². The van der Waals surface area contributed by atoms with Crippen molar-refractivity contribution in [2.45, 2.75) is 32.7 Å². The van der Waals surface area contributed by atoms with Crippen molar-refractivity contribution in [2.24, 2.45) is 0 Å². The SMILES string of the molecule is C=CNC(Cc1ccc(C)cc1)C(=C)CC. The second-order valence-corrected chi connectivity index (χ2v) is 4.12. The minimum atomic E-state index is 0.296. The van der Waals surface area contributed by atoms with Crippen molar-refractivity contribution in [1.29, 1.82) is 0 Å². The van der Waals surface area contributed by atoms with Crippen molar-refractivity contribution >= 4 is 0 Å². The third kappa shape index (κ3) is 3.58. The molecule has 1 heteroatoms. The van der Waals surface area contributed by atoms with Crippen molar-refractivity contribution in [3.05, 3.63) is 60.3 Å². The standard InChI is InChI=1S/C15H21N/c1-5-13(4)15(16-6-2)11-14-9-7-12(3)8-10-14/h6-10,15-16H,2,4-5,11H2,1,3H3. The average molecular weight is 215 g/mol. The summed E-state index contributed by atoms with van der Waals surface area (Å²) in [5, 5.41) is 3.26. The lowest BCUT2D eigenvalue weighted by Gasteiger charge is -2.19. The van der Waals surface area contributed by atoms with E-state index in [1.54, 1.807) is 6.20 Å². The van der Waals surface area contributed by atoms with Crippen LogP contribution < -0.4 is 5.32 Å². The molecule has 1 rings (SSSR count). The second-order valence-electron chi connectivity index (χ2n) is 4.12. The van der Waals surface area contributed by atoms with E-state index < -0.39 is 0 Å². The van der Waals surface area contributed by atoms with Gasteiger partial charge in [0.2, 0.25) is 0 Å². The Morgan fingerprint density at radius 1 is 1.38 bits per heavy atom. The first-order chi connectivity index (χ1) is 7.67. The molecular weight excluding hydrogens is 194 g/mol. The highest BCUT2D eigenvalue weighted by Crippen LogP contribution is 2.12. The predicted octanol–water partition coefficient (Wildman–Crippen LogP) is 3.61. The molecule has 1 N–H and O–H groups in total. The van der Waals surface area contributed by atoms with Crippen LogP contribution in [0.3, 0.4) is 0 Å². The molecule has 0 saturated carbocycles. The van der Waals surface area contributed by atoms with Gasteiger partial charge in [-0.05, 0) is 31.5 Å². The van der Waals surface area contributed by atoms with Crippen molar-refractivity contribution in [3.63, 3.8) is 0 Å². The van der Waals surface area contributed by atoms with E-state index in [-0.39, 0.29) is 0 Å². The van der Waals surface area contributed by atoms with Gasteiger partial charge in [0.25, 0.3) is 0 Å². The van der Waals surface area contributed by atoms with Gasteiger partial charge in [0.05, 0.1) is 6.04 Å². The van der Waals surface area contributed by atoms with Gasteiger partial charge in [0.15, 0.2) is 0 Å². The molecule has 0 amide bonds. The van der Waals surface area contributed by atoms with E-state index in [0.717, 1.165) is 12.8 Å². The Bertz CT molecular complexity index is 348. The summed E-state index contributed by atoms with van der Waals surface area (Å²) in [7, 11) is 0. The molecule has 16 heavy (non-hydrogen) atoms. The smallest absolute Gasteiger partial charge is 0.0505 e. The Kier molecular flexibility index (Phi) is 4.84. The maximum Gasteiger partial charge on any atom is 0.0505 e. The van der Waals surface area contributed by atoms with E-state index in [1.165, 1.54) is 16.7 Å². The van der Waals surface area contributed by atoms with Gasteiger partial charge in [-0.15, -0.1) is 0 Å². The van der Waals surface area contributed by atoms with Crippen LogP contribution in [0.15, 0.2) is 49.2 Å². The highest BCUT2D eigenvalue weighted by atomic mass is 14.9. The zero-order chi connectivity index (χ0) is 12.0. The van der Waals surface area contributed by atoms with Crippen LogP contribution >= 0.6 is 0 Å². The molecule has 1 aromatic carbocycles. The van der Waals surface area contributed by atoms with Crippen LogP contribution in [0.5, 0.6) is 0 Å². The van der Waals surface area contributed by atoms with Crippen LogP contribution in [0.1, 0.15) is 24.5 Å². The number of hydrogen-bond donors (Lipinski definition) is 1. The number of aryl methyl sites for hydroxylation is 1. The second kappa shape index (κ2) is 6.16. The number of hydrogen-bond acceptors (Lipinski definition) is 1. The summed E-state index contributed by atoms with van der Waals surface area (Å²) in [4.78, 5) is 0. The minimum absolute atomic E-state index is 0.296. The molecule has 0 bridgehead atoms. The first-order valence-electron chi connectivity index (χ1n) is 5.77. The monoisotopic (exact) mass is 215 g/mol. The molecule has 86 valence electrons. The average Bonchev–Trinajstić information content (AvgIpc) is 2.30. The van der Waals surface area contributed by atoms with Crippen molar-refractivity contribution in [1.82, 2.24) is 5.32 Å². The Labute approximate surface area is 98.9 Å². The molecule has 0 saturated heterocycles. The summed E-state index contributed by atoms with van der Waals surface area (Å²) >= 11 is 0. The summed E-state index contributed by atoms with van der Waals surface area (Å²) in [5.41, 5.74) is 3.85. The molecule has 0 spiro atoms. The summed E-state index contributed by atoms with van der Waals surface area (Å²) in [6.07, 6.45) is 3.72. The van der Waals surface area contributed by atoms with Gasteiger partial charge in [-0.25, -0.2) is 0 Å². The lowest BCUT2D eigenvalue weighted by molar-refractivity contribution is 0.645. The highest BCUT2D eigenvalue weighted by molar-refractivity contribution is 5.24. The lowest BCUT2D eigenvalue weighted by Crippen LogP contribution is -2.28. The lowest BCUT2D eigenvalue weighted by atomic mass is 9.98. The van der Waals surface area contributed by atoms with Gasteiger partial charge in [0, 0.05) is 0 Å². The van der Waals surface area contributed by atoms with E-state index in [0.29, 0.717) is 6.04 Å². The maximum atomic E-state index is 4.10. The summed E-state index contributed by atoms with van der Waals surface area (Å²) in [5.74, 6) is 0. The molecule has 1 aromatic rings.